The molecule has 3 aromatic rings. The minimum absolute atomic E-state index is 0.00247. The number of anilines is 1. The van der Waals surface area contributed by atoms with Crippen LogP contribution in [0.3, 0.4) is 0 Å². The summed E-state index contributed by atoms with van der Waals surface area (Å²) in [4.78, 5) is 28.8. The van der Waals surface area contributed by atoms with E-state index in [1.54, 1.807) is 13.2 Å². The van der Waals surface area contributed by atoms with Crippen LogP contribution in [-0.4, -0.2) is 44.3 Å². The van der Waals surface area contributed by atoms with Crippen LogP contribution in [0.1, 0.15) is 19.8 Å². The highest BCUT2D eigenvalue weighted by atomic mass is 35.5. The van der Waals surface area contributed by atoms with Crippen LogP contribution >= 0.6 is 22.9 Å². The second-order valence-electron chi connectivity index (χ2n) is 7.27. The monoisotopic (exact) mass is 509 g/mol. The van der Waals surface area contributed by atoms with Crippen molar-refractivity contribution >= 4 is 60.5 Å². The molecule has 1 N–H and O–H groups in total. The first kappa shape index (κ1) is 25.1. The summed E-state index contributed by atoms with van der Waals surface area (Å²) in [6.07, 6.45) is 0.158. The number of aromatic nitrogens is 1. The molecule has 1 aromatic heterocycles. The van der Waals surface area contributed by atoms with Crippen molar-refractivity contribution in [3.05, 3.63) is 52.3 Å². The van der Waals surface area contributed by atoms with Crippen molar-refractivity contribution in [1.82, 2.24) is 4.57 Å². The molecule has 2 amide bonds. The minimum Gasteiger partial charge on any atom is -0.383 e. The van der Waals surface area contributed by atoms with Gasteiger partial charge in [0, 0.05) is 37.7 Å². The lowest BCUT2D eigenvalue weighted by Gasteiger charge is -2.06. The van der Waals surface area contributed by atoms with E-state index in [2.05, 4.69) is 10.3 Å². The highest BCUT2D eigenvalue weighted by Gasteiger charge is 2.15. The number of halogens is 1. The fourth-order valence-electron chi connectivity index (χ4n) is 3.17. The highest BCUT2D eigenvalue weighted by Crippen LogP contribution is 2.22. The Bertz CT molecular complexity index is 1330. The van der Waals surface area contributed by atoms with E-state index in [4.69, 9.17) is 16.3 Å². The molecule has 0 saturated heterocycles. The Morgan fingerprint density at radius 1 is 1.18 bits per heavy atom. The molecule has 0 unspecified atom stereocenters. The molecule has 0 bridgehead atoms. The minimum atomic E-state index is -3.51. The van der Waals surface area contributed by atoms with Crippen LogP contribution in [0.25, 0.3) is 10.2 Å². The molecule has 0 fully saturated rings. The predicted octanol–water partition coefficient (Wildman–Crippen LogP) is 3.64. The van der Waals surface area contributed by atoms with Gasteiger partial charge in [-0.2, -0.15) is 4.99 Å². The van der Waals surface area contributed by atoms with Gasteiger partial charge in [-0.15, -0.1) is 0 Å². The molecule has 0 aliphatic carbocycles. The van der Waals surface area contributed by atoms with Gasteiger partial charge in [-0.25, -0.2) is 8.42 Å². The van der Waals surface area contributed by atoms with E-state index in [0.29, 0.717) is 28.7 Å². The third-order valence-electron chi connectivity index (χ3n) is 4.72. The molecule has 0 spiro atoms. The number of nitrogens with zero attached hydrogens (tertiary/aromatic N) is 2. The number of rotatable bonds is 9. The van der Waals surface area contributed by atoms with Crippen LogP contribution in [-0.2, 0) is 30.7 Å². The summed E-state index contributed by atoms with van der Waals surface area (Å²) in [5.74, 6) is -0.737. The molecule has 176 valence electrons. The zero-order valence-corrected chi connectivity index (χ0v) is 20.6. The van der Waals surface area contributed by atoms with Gasteiger partial charge in [-0.1, -0.05) is 22.9 Å². The first-order chi connectivity index (χ1) is 15.7. The Morgan fingerprint density at radius 3 is 2.58 bits per heavy atom. The Balaban J connectivity index is 1.78. The maximum atomic E-state index is 12.5. The van der Waals surface area contributed by atoms with E-state index in [0.717, 1.165) is 10.2 Å². The largest absolute Gasteiger partial charge is 0.383 e. The summed E-state index contributed by atoms with van der Waals surface area (Å²) in [7, 11) is -1.92. The number of carbonyl (C=O) groups excluding carboxylic acids is 2. The van der Waals surface area contributed by atoms with Gasteiger partial charge in [0.05, 0.1) is 27.5 Å². The van der Waals surface area contributed by atoms with Crippen molar-refractivity contribution in [2.45, 2.75) is 31.2 Å². The number of amides is 2. The van der Waals surface area contributed by atoms with Gasteiger partial charge in [-0.05, 0) is 48.9 Å². The summed E-state index contributed by atoms with van der Waals surface area (Å²) in [5.41, 5.74) is 1.52. The molecule has 0 atom stereocenters. The second-order valence-corrected chi connectivity index (χ2v) is 10.8. The summed E-state index contributed by atoms with van der Waals surface area (Å²) in [6, 6.07) is 11.4. The van der Waals surface area contributed by atoms with Gasteiger partial charge in [0.25, 0.3) is 0 Å². The van der Waals surface area contributed by atoms with Crippen molar-refractivity contribution < 1.29 is 22.7 Å². The lowest BCUT2D eigenvalue weighted by Crippen LogP contribution is -2.19. The summed E-state index contributed by atoms with van der Waals surface area (Å²) in [6.45, 7) is 2.36. The van der Waals surface area contributed by atoms with E-state index in [1.807, 2.05) is 16.7 Å². The average molecular weight is 510 g/mol. The van der Waals surface area contributed by atoms with Crippen molar-refractivity contribution in [1.29, 1.82) is 0 Å². The first-order valence-corrected chi connectivity index (χ1v) is 13.0. The maximum absolute atomic E-state index is 12.5. The van der Waals surface area contributed by atoms with Crippen LogP contribution < -0.4 is 10.1 Å². The van der Waals surface area contributed by atoms with E-state index in [1.165, 1.54) is 42.5 Å². The van der Waals surface area contributed by atoms with E-state index >= 15 is 0 Å². The van der Waals surface area contributed by atoms with Crippen molar-refractivity contribution in [2.75, 3.05) is 24.8 Å². The summed E-state index contributed by atoms with van der Waals surface area (Å²) < 4.78 is 32.8. The molecule has 3 rings (SSSR count). The van der Waals surface area contributed by atoms with E-state index < -0.39 is 15.7 Å². The summed E-state index contributed by atoms with van der Waals surface area (Å²) in [5, 5.41) is 3.20. The van der Waals surface area contributed by atoms with Crippen molar-refractivity contribution in [3.8, 4) is 0 Å². The fourth-order valence-corrected chi connectivity index (χ4v) is 5.72. The number of methoxy groups -OCH3 is 1. The predicted molar refractivity (Wildman–Crippen MR) is 129 cm³/mol. The molecule has 33 heavy (non-hydrogen) atoms. The van der Waals surface area contributed by atoms with Crippen molar-refractivity contribution in [2.24, 2.45) is 4.99 Å². The second kappa shape index (κ2) is 11.1. The Kier molecular flexibility index (Phi) is 8.41. The zero-order chi connectivity index (χ0) is 24.0. The van der Waals surface area contributed by atoms with Crippen molar-refractivity contribution in [3.63, 3.8) is 0 Å². The molecule has 0 saturated carbocycles. The van der Waals surface area contributed by atoms with Gasteiger partial charge < -0.3 is 14.6 Å². The van der Waals surface area contributed by atoms with Crippen LogP contribution in [0, 0.1) is 0 Å². The molecule has 11 heteroatoms. The van der Waals surface area contributed by atoms with Crippen LogP contribution in [0.2, 0.25) is 5.02 Å². The normalized spacial score (nSPS) is 12.3. The number of ether oxygens (including phenoxy) is 1. The van der Waals surface area contributed by atoms with Gasteiger partial charge in [-0.3, -0.25) is 9.59 Å². The molecular formula is C22H24ClN3O5S2. The third kappa shape index (κ3) is 6.73. The molecular weight excluding hydrogens is 486 g/mol. The van der Waals surface area contributed by atoms with Gasteiger partial charge >= 0.3 is 0 Å². The number of thiazole rings is 1. The number of benzene rings is 2. The maximum Gasteiger partial charge on any atom is 0.248 e. The highest BCUT2D eigenvalue weighted by molar-refractivity contribution is 7.91. The fraction of sp³-hybridized carbons (Fsp3) is 0.318. The molecule has 1 heterocycles. The van der Waals surface area contributed by atoms with E-state index in [-0.39, 0.29) is 29.4 Å². The van der Waals surface area contributed by atoms with Gasteiger partial charge in [0.2, 0.25) is 11.8 Å². The average Bonchev–Trinajstić information content (AvgIpc) is 3.07. The lowest BCUT2D eigenvalue weighted by molar-refractivity contribution is -0.118. The number of sulfone groups is 1. The van der Waals surface area contributed by atoms with Crippen LogP contribution in [0.5, 0.6) is 0 Å². The number of carbonyl (C=O) groups is 2. The Morgan fingerprint density at radius 2 is 1.91 bits per heavy atom. The van der Waals surface area contributed by atoms with E-state index in [9.17, 15) is 18.0 Å². The number of fused-ring (bicyclic) bond motifs is 1. The third-order valence-corrected chi connectivity index (χ3v) is 7.83. The Labute approximate surface area is 200 Å². The van der Waals surface area contributed by atoms with Gasteiger partial charge in [0.1, 0.15) is 0 Å². The lowest BCUT2D eigenvalue weighted by atomic mass is 10.3. The van der Waals surface area contributed by atoms with Gasteiger partial charge in [0.15, 0.2) is 14.6 Å². The topological polar surface area (TPSA) is 107 Å². The molecule has 8 nitrogen and oxygen atoms in total. The Hall–Kier alpha value is -2.53. The SMILES string of the molecule is COCCn1c(=NC(=O)CCCS(=O)(=O)c2ccc(Cl)cc2)sc2cc(NC(C)=O)ccc21. The first-order valence-electron chi connectivity index (χ1n) is 10.2. The quantitative estimate of drug-likeness (QED) is 0.474. The summed E-state index contributed by atoms with van der Waals surface area (Å²) >= 11 is 7.13. The molecule has 0 radical (unpaired) electrons. The molecule has 0 aliphatic rings. The molecule has 0 aliphatic heterocycles. The standard InChI is InChI=1S/C22H24ClN3O5S2/c1-15(27)24-17-7-10-19-20(14-17)32-22(26(19)11-12-31-2)25-21(28)4-3-13-33(29,30)18-8-5-16(23)6-9-18/h5-10,14H,3-4,11-13H2,1-2H3,(H,24,27). The van der Waals surface area contributed by atoms with Crippen LogP contribution in [0.4, 0.5) is 5.69 Å². The number of hydrogen-bond donors (Lipinski definition) is 1. The van der Waals surface area contributed by atoms with Crippen LogP contribution in [0.15, 0.2) is 52.4 Å². The smallest absolute Gasteiger partial charge is 0.248 e. The molecule has 2 aromatic carbocycles. The number of hydrogen-bond acceptors (Lipinski definition) is 6. The zero-order valence-electron chi connectivity index (χ0n) is 18.2. The number of nitrogens with one attached hydrogen (secondary N) is 1.